The summed E-state index contributed by atoms with van der Waals surface area (Å²) in [4.78, 5) is 10.9. The third-order valence-electron chi connectivity index (χ3n) is 2.10. The zero-order chi connectivity index (χ0) is 12.3. The Morgan fingerprint density at radius 2 is 1.87 bits per heavy atom. The first-order valence-corrected chi connectivity index (χ1v) is 4.64. The second-order valence-electron chi connectivity index (χ2n) is 4.35. The molecule has 0 heterocycles. The third kappa shape index (κ3) is 6.33. The third-order valence-corrected chi connectivity index (χ3v) is 2.10. The van der Waals surface area contributed by atoms with Gasteiger partial charge in [-0.2, -0.15) is 13.2 Å². The van der Waals surface area contributed by atoms with Crippen LogP contribution < -0.4 is 11.1 Å². The number of carbonyl (C=O) groups excluding carboxylic acids is 1. The van der Waals surface area contributed by atoms with Gasteiger partial charge < -0.3 is 11.1 Å². The molecule has 0 saturated carbocycles. The number of rotatable bonds is 5. The van der Waals surface area contributed by atoms with Crippen LogP contribution >= 0.6 is 0 Å². The number of halogens is 3. The Labute approximate surface area is 87.2 Å². The van der Waals surface area contributed by atoms with Crippen LogP contribution in [0.3, 0.4) is 0 Å². The molecule has 0 aliphatic heterocycles. The molecule has 0 rings (SSSR count). The minimum atomic E-state index is -4.19. The van der Waals surface area contributed by atoms with Crippen LogP contribution in [0.15, 0.2) is 0 Å². The number of nitrogens with two attached hydrogens (primary N) is 1. The van der Waals surface area contributed by atoms with Crippen LogP contribution in [0.2, 0.25) is 0 Å². The fourth-order valence-corrected chi connectivity index (χ4v) is 0.936. The van der Waals surface area contributed by atoms with Crippen LogP contribution in [0.25, 0.3) is 0 Å². The molecule has 0 bridgehead atoms. The number of primary amides is 1. The predicted octanol–water partition coefficient (Wildman–Crippen LogP) is 1.43. The maximum Gasteiger partial charge on any atom is 0.390 e. The lowest BCUT2D eigenvalue weighted by atomic mass is 9.92. The van der Waals surface area contributed by atoms with Gasteiger partial charge in [0.2, 0.25) is 5.91 Å². The van der Waals surface area contributed by atoms with E-state index >= 15 is 0 Å². The normalized spacial score (nSPS) is 15.1. The van der Waals surface area contributed by atoms with Gasteiger partial charge in [-0.25, -0.2) is 0 Å². The molecule has 15 heavy (non-hydrogen) atoms. The molecule has 1 atom stereocenters. The first-order valence-electron chi connectivity index (χ1n) is 4.64. The maximum atomic E-state index is 12.0. The van der Waals surface area contributed by atoms with Crippen molar-refractivity contribution in [2.75, 3.05) is 6.54 Å². The monoisotopic (exact) mass is 226 g/mol. The van der Waals surface area contributed by atoms with Crippen molar-refractivity contribution in [1.82, 2.24) is 5.32 Å². The van der Waals surface area contributed by atoms with E-state index in [-0.39, 0.29) is 6.54 Å². The van der Waals surface area contributed by atoms with Gasteiger partial charge in [-0.05, 0) is 20.8 Å². The lowest BCUT2D eigenvalue weighted by molar-refractivity contribution is -0.139. The average Bonchev–Trinajstić information content (AvgIpc) is 1.97. The fourth-order valence-electron chi connectivity index (χ4n) is 0.936. The Hall–Kier alpha value is -0.780. The zero-order valence-electron chi connectivity index (χ0n) is 9.11. The summed E-state index contributed by atoms with van der Waals surface area (Å²) in [6.07, 6.45) is -5.11. The predicted molar refractivity (Wildman–Crippen MR) is 51.1 cm³/mol. The van der Waals surface area contributed by atoms with E-state index in [1.54, 1.807) is 13.8 Å². The van der Waals surface area contributed by atoms with Gasteiger partial charge >= 0.3 is 6.18 Å². The van der Waals surface area contributed by atoms with Gasteiger partial charge in [-0.15, -0.1) is 0 Å². The van der Waals surface area contributed by atoms with Crippen LogP contribution in [0.5, 0.6) is 0 Å². The van der Waals surface area contributed by atoms with E-state index < -0.39 is 30.0 Å². The average molecular weight is 226 g/mol. The molecule has 3 nitrogen and oxygen atoms in total. The van der Waals surface area contributed by atoms with Gasteiger partial charge in [0.05, 0.1) is 11.8 Å². The Bertz CT molecular complexity index is 226. The molecule has 90 valence electrons. The molecule has 1 amide bonds. The standard InChI is InChI=1S/C9H17F3N2O/c1-6(4-9(10,11)12)14-5-8(2,3)7(13)15/h6,14H,4-5H2,1-3H3,(H2,13,15). The van der Waals surface area contributed by atoms with E-state index in [4.69, 9.17) is 5.73 Å². The summed E-state index contributed by atoms with van der Waals surface area (Å²) in [5.74, 6) is -0.533. The van der Waals surface area contributed by atoms with Crippen LogP contribution in [0, 0.1) is 5.41 Å². The minimum Gasteiger partial charge on any atom is -0.369 e. The van der Waals surface area contributed by atoms with E-state index in [1.807, 2.05) is 0 Å². The lowest BCUT2D eigenvalue weighted by Crippen LogP contribution is -2.44. The number of hydrogen-bond acceptors (Lipinski definition) is 2. The summed E-state index contributed by atoms with van der Waals surface area (Å²) < 4.78 is 35.9. The van der Waals surface area contributed by atoms with Gasteiger partial charge in [0.15, 0.2) is 0 Å². The second kappa shape index (κ2) is 4.83. The largest absolute Gasteiger partial charge is 0.390 e. The Morgan fingerprint density at radius 1 is 1.40 bits per heavy atom. The van der Waals surface area contributed by atoms with Crippen molar-refractivity contribution >= 4 is 5.91 Å². The summed E-state index contributed by atoms with van der Waals surface area (Å²) in [6.45, 7) is 4.73. The number of carbonyl (C=O) groups is 1. The summed E-state index contributed by atoms with van der Waals surface area (Å²) in [7, 11) is 0. The molecule has 0 aromatic carbocycles. The first-order chi connectivity index (χ1) is 6.54. The maximum absolute atomic E-state index is 12.0. The summed E-state index contributed by atoms with van der Waals surface area (Å²) in [6, 6.07) is -0.719. The lowest BCUT2D eigenvalue weighted by Gasteiger charge is -2.24. The molecule has 6 heteroatoms. The smallest absolute Gasteiger partial charge is 0.369 e. The van der Waals surface area contributed by atoms with Crippen molar-refractivity contribution in [1.29, 1.82) is 0 Å². The molecule has 0 aromatic rings. The van der Waals surface area contributed by atoms with Gasteiger partial charge in [0.25, 0.3) is 0 Å². The molecule has 0 aliphatic rings. The number of amides is 1. The molecule has 0 radical (unpaired) electrons. The minimum absolute atomic E-state index is 0.138. The van der Waals surface area contributed by atoms with E-state index in [9.17, 15) is 18.0 Å². The Kier molecular flexibility index (Phi) is 4.58. The molecular weight excluding hydrogens is 209 g/mol. The van der Waals surface area contributed by atoms with Crippen molar-refractivity contribution in [3.63, 3.8) is 0 Å². The van der Waals surface area contributed by atoms with E-state index in [2.05, 4.69) is 5.32 Å². The quantitative estimate of drug-likeness (QED) is 0.745. The summed E-state index contributed by atoms with van der Waals surface area (Å²) in [5, 5.41) is 2.64. The highest BCUT2D eigenvalue weighted by Crippen LogP contribution is 2.22. The highest BCUT2D eigenvalue weighted by molar-refractivity contribution is 5.80. The van der Waals surface area contributed by atoms with Crippen molar-refractivity contribution < 1.29 is 18.0 Å². The molecule has 0 saturated heterocycles. The Morgan fingerprint density at radius 3 is 2.20 bits per heavy atom. The summed E-state index contributed by atoms with van der Waals surface area (Å²) >= 11 is 0. The van der Waals surface area contributed by atoms with Crippen molar-refractivity contribution in [3.8, 4) is 0 Å². The van der Waals surface area contributed by atoms with Crippen LogP contribution in [-0.4, -0.2) is 24.7 Å². The van der Waals surface area contributed by atoms with Gasteiger partial charge in [0.1, 0.15) is 0 Å². The number of hydrogen-bond donors (Lipinski definition) is 2. The van der Waals surface area contributed by atoms with Gasteiger partial charge in [-0.3, -0.25) is 4.79 Å². The van der Waals surface area contributed by atoms with Crippen LogP contribution in [0.1, 0.15) is 27.2 Å². The summed E-state index contributed by atoms with van der Waals surface area (Å²) in [5.41, 5.74) is 4.25. The van der Waals surface area contributed by atoms with Gasteiger partial charge in [0, 0.05) is 12.6 Å². The molecule has 0 spiro atoms. The van der Waals surface area contributed by atoms with E-state index in [0.29, 0.717) is 0 Å². The molecule has 1 unspecified atom stereocenters. The van der Waals surface area contributed by atoms with Crippen LogP contribution in [-0.2, 0) is 4.79 Å². The fraction of sp³-hybridized carbons (Fsp3) is 0.889. The molecular formula is C9H17F3N2O. The SMILES string of the molecule is CC(CC(F)(F)F)NCC(C)(C)C(N)=O. The van der Waals surface area contributed by atoms with E-state index in [0.717, 1.165) is 0 Å². The van der Waals surface area contributed by atoms with Gasteiger partial charge in [-0.1, -0.05) is 0 Å². The second-order valence-corrected chi connectivity index (χ2v) is 4.35. The van der Waals surface area contributed by atoms with Crippen molar-refractivity contribution in [3.05, 3.63) is 0 Å². The molecule has 0 aromatic heterocycles. The van der Waals surface area contributed by atoms with E-state index in [1.165, 1.54) is 6.92 Å². The Balaban J connectivity index is 4.01. The molecule has 0 aliphatic carbocycles. The molecule has 3 N–H and O–H groups in total. The number of alkyl halides is 3. The van der Waals surface area contributed by atoms with Crippen molar-refractivity contribution in [2.24, 2.45) is 11.1 Å². The zero-order valence-corrected chi connectivity index (χ0v) is 9.11. The van der Waals surface area contributed by atoms with Crippen LogP contribution in [0.4, 0.5) is 13.2 Å². The topological polar surface area (TPSA) is 55.1 Å². The molecule has 0 fully saturated rings. The first kappa shape index (κ1) is 14.2. The highest BCUT2D eigenvalue weighted by atomic mass is 19.4. The van der Waals surface area contributed by atoms with Crippen molar-refractivity contribution in [2.45, 2.75) is 39.4 Å². The number of nitrogens with one attached hydrogen (secondary N) is 1. The highest BCUT2D eigenvalue weighted by Gasteiger charge is 2.31.